The molecule has 0 radical (unpaired) electrons. The van der Waals surface area contributed by atoms with Gasteiger partial charge in [0.1, 0.15) is 5.82 Å². The van der Waals surface area contributed by atoms with Crippen molar-refractivity contribution in [2.75, 3.05) is 5.32 Å². The quantitative estimate of drug-likeness (QED) is 0.759. The SMILES string of the molecule is Fc1ccc(CNc2cccc3cnccc23)cc1Cl. The van der Waals surface area contributed by atoms with Gasteiger partial charge in [0.05, 0.1) is 5.02 Å². The van der Waals surface area contributed by atoms with Crippen LogP contribution >= 0.6 is 11.6 Å². The second-order valence-corrected chi connectivity index (χ2v) is 4.91. The fourth-order valence-corrected chi connectivity index (χ4v) is 2.33. The first kappa shape index (κ1) is 12.9. The lowest BCUT2D eigenvalue weighted by Gasteiger charge is -2.10. The van der Waals surface area contributed by atoms with Crippen LogP contribution < -0.4 is 5.32 Å². The van der Waals surface area contributed by atoms with Gasteiger partial charge in [-0.15, -0.1) is 0 Å². The number of nitrogens with zero attached hydrogens (tertiary/aromatic N) is 1. The van der Waals surface area contributed by atoms with E-state index in [0.29, 0.717) is 6.54 Å². The van der Waals surface area contributed by atoms with Crippen LogP contribution in [0, 0.1) is 5.82 Å². The minimum atomic E-state index is -0.397. The molecule has 4 heteroatoms. The van der Waals surface area contributed by atoms with Gasteiger partial charge in [0.15, 0.2) is 0 Å². The van der Waals surface area contributed by atoms with Crippen LogP contribution in [-0.2, 0) is 6.54 Å². The van der Waals surface area contributed by atoms with Gasteiger partial charge >= 0.3 is 0 Å². The maximum atomic E-state index is 13.1. The maximum Gasteiger partial charge on any atom is 0.141 e. The van der Waals surface area contributed by atoms with Gasteiger partial charge in [-0.1, -0.05) is 29.8 Å². The first-order valence-electron chi connectivity index (χ1n) is 6.24. The zero-order valence-corrected chi connectivity index (χ0v) is 11.4. The van der Waals surface area contributed by atoms with E-state index in [1.54, 1.807) is 18.3 Å². The predicted molar refractivity (Wildman–Crippen MR) is 80.5 cm³/mol. The molecule has 3 rings (SSSR count). The zero-order chi connectivity index (χ0) is 13.9. The van der Waals surface area contributed by atoms with E-state index in [4.69, 9.17) is 11.6 Å². The number of nitrogens with one attached hydrogen (secondary N) is 1. The Morgan fingerprint density at radius 1 is 1.15 bits per heavy atom. The number of rotatable bonds is 3. The Morgan fingerprint density at radius 2 is 2.05 bits per heavy atom. The fraction of sp³-hybridized carbons (Fsp3) is 0.0625. The molecule has 0 fully saturated rings. The number of anilines is 1. The summed E-state index contributed by atoms with van der Waals surface area (Å²) in [6.07, 6.45) is 3.59. The molecule has 0 amide bonds. The predicted octanol–water partition coefficient (Wildman–Crippen LogP) is 4.64. The van der Waals surface area contributed by atoms with E-state index in [0.717, 1.165) is 22.0 Å². The molecule has 0 atom stereocenters. The van der Waals surface area contributed by atoms with Gasteiger partial charge in [-0.2, -0.15) is 0 Å². The molecule has 3 aromatic rings. The molecule has 0 saturated heterocycles. The average molecular weight is 287 g/mol. The minimum absolute atomic E-state index is 0.145. The second-order valence-electron chi connectivity index (χ2n) is 4.50. The number of hydrogen-bond donors (Lipinski definition) is 1. The average Bonchev–Trinajstić information content (AvgIpc) is 2.48. The maximum absolute atomic E-state index is 13.1. The summed E-state index contributed by atoms with van der Waals surface area (Å²) in [7, 11) is 0. The van der Waals surface area contributed by atoms with E-state index in [1.165, 1.54) is 6.07 Å². The fourth-order valence-electron chi connectivity index (χ4n) is 2.12. The molecule has 0 aliphatic carbocycles. The number of hydrogen-bond acceptors (Lipinski definition) is 2. The largest absolute Gasteiger partial charge is 0.380 e. The minimum Gasteiger partial charge on any atom is -0.380 e. The molecule has 0 spiro atoms. The Hall–Kier alpha value is -2.13. The summed E-state index contributed by atoms with van der Waals surface area (Å²) in [5.74, 6) is -0.397. The van der Waals surface area contributed by atoms with Crippen molar-refractivity contribution in [1.82, 2.24) is 4.98 Å². The zero-order valence-electron chi connectivity index (χ0n) is 10.6. The van der Waals surface area contributed by atoms with Crippen molar-refractivity contribution < 1.29 is 4.39 Å². The standard InChI is InChI=1S/C16H12ClFN2/c17-14-8-11(4-5-15(14)18)9-20-16-3-1-2-12-10-19-7-6-13(12)16/h1-8,10,20H,9H2. The van der Waals surface area contributed by atoms with Gasteiger partial charge in [0, 0.05) is 35.4 Å². The molecular weight excluding hydrogens is 275 g/mol. The Balaban J connectivity index is 1.85. The summed E-state index contributed by atoms with van der Waals surface area (Å²) in [5.41, 5.74) is 1.95. The van der Waals surface area contributed by atoms with E-state index in [2.05, 4.69) is 10.3 Å². The number of benzene rings is 2. The molecule has 2 aromatic carbocycles. The Labute approximate surface area is 121 Å². The normalized spacial score (nSPS) is 10.7. The third kappa shape index (κ3) is 2.58. The van der Waals surface area contributed by atoms with Crippen molar-refractivity contribution in [3.05, 3.63) is 71.3 Å². The lowest BCUT2D eigenvalue weighted by Crippen LogP contribution is -2.00. The van der Waals surface area contributed by atoms with Crippen LogP contribution in [0.2, 0.25) is 5.02 Å². The molecule has 0 saturated carbocycles. The summed E-state index contributed by atoms with van der Waals surface area (Å²) in [5, 5.41) is 5.67. The van der Waals surface area contributed by atoms with Crippen molar-refractivity contribution in [3.8, 4) is 0 Å². The lowest BCUT2D eigenvalue weighted by molar-refractivity contribution is 0.627. The van der Waals surface area contributed by atoms with Crippen molar-refractivity contribution in [1.29, 1.82) is 0 Å². The summed E-state index contributed by atoms with van der Waals surface area (Å²) in [6, 6.07) is 12.7. The van der Waals surface area contributed by atoms with Crippen LogP contribution in [0.5, 0.6) is 0 Å². The van der Waals surface area contributed by atoms with Gasteiger partial charge in [-0.05, 0) is 29.8 Å². The molecule has 1 aromatic heterocycles. The Kier molecular flexibility index (Phi) is 3.52. The van der Waals surface area contributed by atoms with Crippen LogP contribution in [0.25, 0.3) is 10.8 Å². The molecular formula is C16H12ClFN2. The van der Waals surface area contributed by atoms with Gasteiger partial charge < -0.3 is 5.32 Å². The van der Waals surface area contributed by atoms with Gasteiger partial charge in [0.2, 0.25) is 0 Å². The molecule has 0 unspecified atom stereocenters. The first-order valence-corrected chi connectivity index (χ1v) is 6.62. The van der Waals surface area contributed by atoms with Crippen molar-refractivity contribution in [2.45, 2.75) is 6.54 Å². The highest BCUT2D eigenvalue weighted by molar-refractivity contribution is 6.30. The van der Waals surface area contributed by atoms with E-state index >= 15 is 0 Å². The molecule has 0 aliphatic rings. The summed E-state index contributed by atoms with van der Waals surface area (Å²) in [4.78, 5) is 4.11. The van der Waals surface area contributed by atoms with Crippen LogP contribution in [0.15, 0.2) is 54.9 Å². The van der Waals surface area contributed by atoms with E-state index in [-0.39, 0.29) is 5.02 Å². The highest BCUT2D eigenvalue weighted by Gasteiger charge is 2.03. The number of halogens is 2. The highest BCUT2D eigenvalue weighted by Crippen LogP contribution is 2.23. The van der Waals surface area contributed by atoms with Gasteiger partial charge in [-0.3, -0.25) is 4.98 Å². The Bertz CT molecular complexity index is 753. The second kappa shape index (κ2) is 5.47. The van der Waals surface area contributed by atoms with E-state index in [9.17, 15) is 4.39 Å². The van der Waals surface area contributed by atoms with Crippen LogP contribution in [0.3, 0.4) is 0 Å². The molecule has 100 valence electrons. The molecule has 1 N–H and O–H groups in total. The smallest absolute Gasteiger partial charge is 0.141 e. The Morgan fingerprint density at radius 3 is 2.90 bits per heavy atom. The van der Waals surface area contributed by atoms with Crippen molar-refractivity contribution in [2.24, 2.45) is 0 Å². The van der Waals surface area contributed by atoms with Crippen LogP contribution in [-0.4, -0.2) is 4.98 Å². The first-order chi connectivity index (χ1) is 9.74. The van der Waals surface area contributed by atoms with E-state index in [1.807, 2.05) is 30.5 Å². The van der Waals surface area contributed by atoms with Crippen molar-refractivity contribution in [3.63, 3.8) is 0 Å². The third-order valence-electron chi connectivity index (χ3n) is 3.15. The van der Waals surface area contributed by atoms with Crippen molar-refractivity contribution >= 4 is 28.1 Å². The van der Waals surface area contributed by atoms with Gasteiger partial charge in [-0.25, -0.2) is 4.39 Å². The molecule has 0 aliphatic heterocycles. The molecule has 1 heterocycles. The van der Waals surface area contributed by atoms with Gasteiger partial charge in [0.25, 0.3) is 0 Å². The number of pyridine rings is 1. The monoisotopic (exact) mass is 286 g/mol. The summed E-state index contributed by atoms with van der Waals surface area (Å²) in [6.45, 7) is 0.585. The molecule has 2 nitrogen and oxygen atoms in total. The molecule has 20 heavy (non-hydrogen) atoms. The topological polar surface area (TPSA) is 24.9 Å². The third-order valence-corrected chi connectivity index (χ3v) is 3.44. The lowest BCUT2D eigenvalue weighted by atomic mass is 10.1. The summed E-state index contributed by atoms with van der Waals surface area (Å²) >= 11 is 5.78. The van der Waals surface area contributed by atoms with Crippen LogP contribution in [0.4, 0.5) is 10.1 Å². The number of aromatic nitrogens is 1. The van der Waals surface area contributed by atoms with E-state index < -0.39 is 5.82 Å². The highest BCUT2D eigenvalue weighted by atomic mass is 35.5. The molecule has 0 bridgehead atoms. The van der Waals surface area contributed by atoms with Crippen LogP contribution in [0.1, 0.15) is 5.56 Å². The number of fused-ring (bicyclic) bond motifs is 1. The summed E-state index contributed by atoms with van der Waals surface area (Å²) < 4.78 is 13.1.